The summed E-state index contributed by atoms with van der Waals surface area (Å²) in [5.41, 5.74) is 0. The Morgan fingerprint density at radius 2 is 0.778 bits per heavy atom. The van der Waals surface area contributed by atoms with Gasteiger partial charge < -0.3 is 89.9 Å². The molecule has 512 valence electrons. The van der Waals surface area contributed by atoms with Gasteiger partial charge in [-0.05, 0) is 103 Å². The van der Waals surface area contributed by atoms with E-state index in [2.05, 4.69) is 141 Å². The van der Waals surface area contributed by atoms with Crippen LogP contribution < -0.4 is 5.32 Å². The summed E-state index contributed by atoms with van der Waals surface area (Å²) in [7, 11) is 0. The third-order valence-electron chi connectivity index (χ3n) is 15.7. The molecule has 3 aliphatic rings. The lowest BCUT2D eigenvalue weighted by Gasteiger charge is -2.48. The van der Waals surface area contributed by atoms with E-state index in [1.54, 1.807) is 6.08 Å². The molecule has 3 rings (SSSR count). The number of carbonyl (C=O) groups excluding carboxylic acids is 1. The second-order valence-corrected chi connectivity index (χ2v) is 23.2. The second-order valence-electron chi connectivity index (χ2n) is 23.2. The number of hydrogen-bond acceptors (Lipinski definition) is 18. The molecule has 0 aromatic rings. The Morgan fingerprint density at radius 3 is 1.24 bits per heavy atom. The minimum atomic E-state index is -1.99. The lowest BCUT2D eigenvalue weighted by molar-refractivity contribution is -0.379. The van der Waals surface area contributed by atoms with Crippen LogP contribution in [0.1, 0.15) is 174 Å². The van der Waals surface area contributed by atoms with Crippen LogP contribution in [0.2, 0.25) is 0 Å². The number of hydrogen-bond donors (Lipinski definition) is 12. The van der Waals surface area contributed by atoms with E-state index in [1.807, 2.05) is 6.08 Å². The third-order valence-corrected chi connectivity index (χ3v) is 15.7. The van der Waals surface area contributed by atoms with Crippen molar-refractivity contribution >= 4 is 5.91 Å². The van der Waals surface area contributed by atoms with Gasteiger partial charge in [-0.1, -0.05) is 199 Å². The Bertz CT molecular complexity index is 2150. The maximum absolute atomic E-state index is 13.4. The fraction of sp³-hybridized carbons (Fsp3) is 0.676. The summed E-state index contributed by atoms with van der Waals surface area (Å²) in [6.07, 6.45) is 44.4. The molecule has 0 bridgehead atoms. The molecule has 3 fully saturated rings. The van der Waals surface area contributed by atoms with E-state index in [9.17, 15) is 61.0 Å². The highest BCUT2D eigenvalue weighted by Gasteiger charge is 2.53. The molecule has 0 saturated carbocycles. The summed E-state index contributed by atoms with van der Waals surface area (Å²) < 4.78 is 34.2. The van der Waals surface area contributed by atoms with E-state index < -0.39 is 124 Å². The molecule has 1 amide bonds. The molecule has 3 saturated heterocycles. The Hall–Kier alpha value is -4.07. The number of aliphatic hydroxyl groups excluding tert-OH is 11. The summed E-state index contributed by atoms with van der Waals surface area (Å²) in [5.74, 6) is -0.307. The van der Waals surface area contributed by atoms with Crippen molar-refractivity contribution in [2.45, 2.75) is 279 Å². The number of rotatable bonds is 48. The number of ether oxygens (including phenoxy) is 6. The highest BCUT2D eigenvalue weighted by Crippen LogP contribution is 2.33. The number of carbonyl (C=O) groups is 1. The summed E-state index contributed by atoms with van der Waals surface area (Å²) in [4.78, 5) is 13.4. The molecule has 3 heterocycles. The molecule has 12 N–H and O–H groups in total. The lowest BCUT2D eigenvalue weighted by Crippen LogP contribution is -2.66. The van der Waals surface area contributed by atoms with Crippen LogP contribution in [0.5, 0.6) is 0 Å². The van der Waals surface area contributed by atoms with Gasteiger partial charge in [0.05, 0.1) is 38.6 Å². The fourth-order valence-electron chi connectivity index (χ4n) is 10.2. The van der Waals surface area contributed by atoms with E-state index in [0.717, 1.165) is 122 Å². The molecule has 19 nitrogen and oxygen atoms in total. The Balaban J connectivity index is 1.40. The van der Waals surface area contributed by atoms with Crippen LogP contribution in [-0.2, 0) is 33.2 Å². The van der Waals surface area contributed by atoms with Gasteiger partial charge in [0.25, 0.3) is 0 Å². The molecular formula is C71H115NO18. The monoisotopic (exact) mass is 1270 g/mol. The average Bonchev–Trinajstić information content (AvgIpc) is 0.864. The number of unbranched alkanes of at least 4 members (excludes halogenated alkanes) is 12. The highest BCUT2D eigenvalue weighted by atomic mass is 16.8. The molecule has 17 atom stereocenters. The van der Waals surface area contributed by atoms with Crippen LogP contribution in [0.3, 0.4) is 0 Å². The average molecular weight is 1270 g/mol. The van der Waals surface area contributed by atoms with E-state index in [4.69, 9.17) is 28.4 Å². The summed E-state index contributed by atoms with van der Waals surface area (Å²) in [6.45, 7) is 1.49. The normalized spacial score (nSPS) is 28.9. The summed E-state index contributed by atoms with van der Waals surface area (Å²) >= 11 is 0. The van der Waals surface area contributed by atoms with Gasteiger partial charge in [-0.25, -0.2) is 0 Å². The van der Waals surface area contributed by atoms with E-state index in [-0.39, 0.29) is 18.9 Å². The van der Waals surface area contributed by atoms with Crippen molar-refractivity contribution in [2.24, 2.45) is 0 Å². The first-order chi connectivity index (χ1) is 43.8. The van der Waals surface area contributed by atoms with E-state index >= 15 is 0 Å². The van der Waals surface area contributed by atoms with Crippen molar-refractivity contribution in [2.75, 3.05) is 26.4 Å². The predicted octanol–water partition coefficient (Wildman–Crippen LogP) is 8.21. The zero-order valence-electron chi connectivity index (χ0n) is 53.8. The Morgan fingerprint density at radius 1 is 0.411 bits per heavy atom. The molecule has 19 heteroatoms. The smallest absolute Gasteiger partial charge is 0.220 e. The van der Waals surface area contributed by atoms with Crippen LogP contribution in [0, 0.1) is 0 Å². The second kappa shape index (κ2) is 51.4. The topological polar surface area (TPSA) is 307 Å². The number of aliphatic hydroxyl groups is 11. The fourth-order valence-corrected chi connectivity index (χ4v) is 10.2. The van der Waals surface area contributed by atoms with Crippen molar-refractivity contribution in [1.82, 2.24) is 5.32 Å². The summed E-state index contributed by atoms with van der Waals surface area (Å²) in [5, 5.41) is 120. The van der Waals surface area contributed by atoms with Gasteiger partial charge in [0.15, 0.2) is 18.9 Å². The molecule has 0 aromatic heterocycles. The van der Waals surface area contributed by atoms with Crippen LogP contribution in [0.4, 0.5) is 0 Å². The Labute approximate surface area is 537 Å². The predicted molar refractivity (Wildman–Crippen MR) is 350 cm³/mol. The van der Waals surface area contributed by atoms with Gasteiger partial charge in [-0.15, -0.1) is 0 Å². The first-order valence-corrected chi connectivity index (χ1v) is 33.4. The standard InChI is InChI=1S/C71H115NO18/c1-3-5-7-9-11-13-15-17-18-19-20-21-22-23-24-25-26-27-28-29-30-31-32-33-34-35-36-37-39-41-43-45-47-49-59(77)72-54(55(76)48-46-44-42-40-38-16-14-12-10-8-6-4-2)53-85-69-65(83)62(80)67(57(51-74)87-69)90-71-66(84)63(81)68(58(52-75)88-71)89-70-64(82)61(79)60(78)56(50-73)86-70/h5,7,10-13,17-18,20-21,23-24,26-27,29-30,32-33,38,40,46,48,54-58,60-71,73-76,78-84H,3-4,6,8-9,14-16,19,22,25,28,31,34-37,39,41-45,47,49-53H2,1-2H3,(H,72,77)/b7-5-,12-10+,13-11-,18-17-,21-20-,24-23-,27-26-,30-29-,33-32-,40-38+,48-46+. The summed E-state index contributed by atoms with van der Waals surface area (Å²) in [6, 6.07) is -1.01. The molecular weight excluding hydrogens is 1150 g/mol. The van der Waals surface area contributed by atoms with Crippen molar-refractivity contribution in [1.29, 1.82) is 0 Å². The van der Waals surface area contributed by atoms with Gasteiger partial charge >= 0.3 is 0 Å². The third kappa shape index (κ3) is 33.2. The lowest BCUT2D eigenvalue weighted by atomic mass is 9.96. The molecule has 17 unspecified atom stereocenters. The van der Waals surface area contributed by atoms with Gasteiger partial charge in [0.2, 0.25) is 5.91 Å². The molecule has 0 spiro atoms. The maximum Gasteiger partial charge on any atom is 0.220 e. The van der Waals surface area contributed by atoms with Crippen LogP contribution >= 0.6 is 0 Å². The highest BCUT2D eigenvalue weighted by molar-refractivity contribution is 5.76. The number of amides is 1. The zero-order valence-corrected chi connectivity index (χ0v) is 53.8. The van der Waals surface area contributed by atoms with Gasteiger partial charge in [-0.3, -0.25) is 4.79 Å². The minimum Gasteiger partial charge on any atom is -0.394 e. The number of nitrogens with one attached hydrogen (secondary N) is 1. The SMILES string of the molecule is CC/C=C\C/C=C\C/C=C\C/C=C\C/C=C\C/C=C\C/C=C\C/C=C\CCCCCCCCCCC(=O)NC(COC1OC(CO)C(OC2OC(CO)C(OC3OC(CO)C(O)C(O)C3O)C(O)C2O)C(O)C1O)C(O)/C=C/CC/C=C/CC/C=C/CCCC. The first kappa shape index (κ1) is 80.2. The molecule has 3 aliphatic heterocycles. The van der Waals surface area contributed by atoms with Gasteiger partial charge in [0, 0.05) is 6.42 Å². The number of allylic oxidation sites excluding steroid dienone is 21. The maximum atomic E-state index is 13.4. The molecule has 0 aromatic carbocycles. The Kier molecular flexibility index (Phi) is 45.7. The van der Waals surface area contributed by atoms with Crippen molar-refractivity contribution in [3.8, 4) is 0 Å². The quantitative estimate of drug-likeness (QED) is 0.0202. The van der Waals surface area contributed by atoms with E-state index in [0.29, 0.717) is 12.8 Å². The molecule has 0 aliphatic carbocycles. The molecule has 90 heavy (non-hydrogen) atoms. The van der Waals surface area contributed by atoms with Crippen molar-refractivity contribution < 1.29 is 89.4 Å². The zero-order chi connectivity index (χ0) is 65.4. The van der Waals surface area contributed by atoms with Gasteiger partial charge in [0.1, 0.15) is 73.2 Å². The van der Waals surface area contributed by atoms with E-state index in [1.165, 1.54) is 19.3 Å². The van der Waals surface area contributed by atoms with Crippen molar-refractivity contribution in [3.05, 3.63) is 134 Å². The first-order valence-electron chi connectivity index (χ1n) is 33.4. The minimum absolute atomic E-state index is 0.212. The van der Waals surface area contributed by atoms with Gasteiger partial charge in [-0.2, -0.15) is 0 Å². The van der Waals surface area contributed by atoms with Crippen LogP contribution in [0.15, 0.2) is 134 Å². The van der Waals surface area contributed by atoms with Crippen molar-refractivity contribution in [3.63, 3.8) is 0 Å². The largest absolute Gasteiger partial charge is 0.394 e. The van der Waals surface area contributed by atoms with Crippen LogP contribution in [0.25, 0.3) is 0 Å². The molecule has 0 radical (unpaired) electrons. The van der Waals surface area contributed by atoms with Crippen LogP contribution in [-0.4, -0.2) is 193 Å².